The maximum atomic E-state index is 15.0. The van der Waals surface area contributed by atoms with Crippen LogP contribution >= 0.6 is 27.5 Å². The Bertz CT molecular complexity index is 1590. The van der Waals surface area contributed by atoms with E-state index in [1.807, 2.05) is 49.4 Å². The molecule has 3 amide bonds. The molecule has 10 nitrogen and oxygen atoms in total. The molecule has 2 aromatic rings. The standard InChI is InChI=1S/C39H47BrClN3O7/c1-4-6-19-30(46)42-24-29(26-16-10-9-11-17-26)50-38(49)31-32-36(47)44(21-12-7-8-13-22-45)35(39(32)23-27(40)34(31)51-39)37(48)43(20-5-2)33-25(3)15-14-18-28(33)41/h4-5,9-11,14-18,27,29,31-32,34-35,45H,1-2,6-8,12-13,19-24H2,3H3,(H,42,46)/t27?,29-,31+,32-,34+,35+,39-/m1/s1. The number of aliphatic hydroxyl groups is 1. The van der Waals surface area contributed by atoms with E-state index in [0.29, 0.717) is 42.0 Å². The Morgan fingerprint density at radius 1 is 1.14 bits per heavy atom. The third-order valence-corrected chi connectivity index (χ3v) is 11.3. The van der Waals surface area contributed by atoms with Crippen LogP contribution in [-0.2, 0) is 28.7 Å². The lowest BCUT2D eigenvalue weighted by Crippen LogP contribution is -2.57. The van der Waals surface area contributed by atoms with Crippen LogP contribution < -0.4 is 10.2 Å². The highest BCUT2D eigenvalue weighted by molar-refractivity contribution is 9.09. The van der Waals surface area contributed by atoms with Crippen LogP contribution in [0.25, 0.3) is 0 Å². The first-order valence-corrected chi connectivity index (χ1v) is 18.9. The summed E-state index contributed by atoms with van der Waals surface area (Å²) in [6, 6.07) is 13.5. The first kappa shape index (κ1) is 38.7. The maximum absolute atomic E-state index is 15.0. The molecular weight excluding hydrogens is 738 g/mol. The predicted octanol–water partition coefficient (Wildman–Crippen LogP) is 5.84. The van der Waals surface area contributed by atoms with Gasteiger partial charge in [-0.05, 0) is 49.8 Å². The second kappa shape index (κ2) is 17.3. The van der Waals surface area contributed by atoms with Crippen molar-refractivity contribution in [1.29, 1.82) is 0 Å². The van der Waals surface area contributed by atoms with Crippen molar-refractivity contribution in [3.8, 4) is 0 Å². The lowest BCUT2D eigenvalue weighted by atomic mass is 9.70. The molecule has 2 aromatic carbocycles. The van der Waals surface area contributed by atoms with Crippen LogP contribution in [0.15, 0.2) is 73.8 Å². The Morgan fingerprint density at radius 2 is 1.88 bits per heavy atom. The number of hydrogen-bond donors (Lipinski definition) is 2. The van der Waals surface area contributed by atoms with Crippen molar-refractivity contribution in [2.45, 2.75) is 80.5 Å². The zero-order chi connectivity index (χ0) is 36.7. The van der Waals surface area contributed by atoms with E-state index < -0.39 is 41.7 Å². The summed E-state index contributed by atoms with van der Waals surface area (Å²) in [7, 11) is 0. The topological polar surface area (TPSA) is 125 Å². The number of allylic oxidation sites excluding steroid dienone is 1. The quantitative estimate of drug-likeness (QED) is 0.0844. The number of alkyl halides is 1. The van der Waals surface area contributed by atoms with Gasteiger partial charge < -0.3 is 29.7 Å². The summed E-state index contributed by atoms with van der Waals surface area (Å²) in [6.45, 7) is 9.96. The zero-order valence-electron chi connectivity index (χ0n) is 29.0. The number of likely N-dealkylation sites (tertiary alicyclic amines) is 1. The average molecular weight is 785 g/mol. The van der Waals surface area contributed by atoms with Gasteiger partial charge in [0.2, 0.25) is 11.8 Å². The van der Waals surface area contributed by atoms with Gasteiger partial charge >= 0.3 is 5.97 Å². The van der Waals surface area contributed by atoms with E-state index in [2.05, 4.69) is 34.4 Å². The number of nitrogens with one attached hydrogen (secondary N) is 1. The predicted molar refractivity (Wildman–Crippen MR) is 199 cm³/mol. The lowest BCUT2D eigenvalue weighted by Gasteiger charge is -2.37. The molecule has 0 saturated carbocycles. The number of nitrogens with zero attached hydrogens (tertiary/aromatic N) is 2. The summed E-state index contributed by atoms with van der Waals surface area (Å²) in [5, 5.41) is 12.5. The Kier molecular flexibility index (Phi) is 13.2. The largest absolute Gasteiger partial charge is 0.455 e. The van der Waals surface area contributed by atoms with E-state index in [1.54, 1.807) is 28.0 Å². The molecule has 12 heteroatoms. The molecule has 1 unspecified atom stereocenters. The monoisotopic (exact) mass is 783 g/mol. The van der Waals surface area contributed by atoms with Gasteiger partial charge in [0.15, 0.2) is 0 Å². The minimum Gasteiger partial charge on any atom is -0.455 e. The van der Waals surface area contributed by atoms with Gasteiger partial charge in [0.25, 0.3) is 5.91 Å². The van der Waals surface area contributed by atoms with Crippen molar-refractivity contribution in [1.82, 2.24) is 10.2 Å². The Morgan fingerprint density at radius 3 is 2.57 bits per heavy atom. The van der Waals surface area contributed by atoms with Crippen LogP contribution in [0, 0.1) is 18.8 Å². The third kappa shape index (κ3) is 7.96. The molecule has 0 radical (unpaired) electrons. The molecule has 0 aliphatic carbocycles. The fourth-order valence-electron chi connectivity index (χ4n) is 7.84. The molecule has 5 rings (SSSR count). The molecule has 3 fully saturated rings. The number of rotatable bonds is 18. The number of halogens is 2. The molecule has 274 valence electrons. The number of aryl methyl sites for hydroxylation is 1. The highest BCUT2D eigenvalue weighted by atomic mass is 79.9. The van der Waals surface area contributed by atoms with E-state index >= 15 is 0 Å². The molecule has 0 aromatic heterocycles. The Hall–Kier alpha value is -3.51. The number of carbonyl (C=O) groups is 4. The number of amides is 3. The van der Waals surface area contributed by atoms with Crippen LogP contribution in [-0.4, -0.2) is 82.5 Å². The molecular formula is C39H47BrClN3O7. The van der Waals surface area contributed by atoms with Crippen LogP contribution in [0.3, 0.4) is 0 Å². The maximum Gasteiger partial charge on any atom is 0.313 e. The summed E-state index contributed by atoms with van der Waals surface area (Å²) in [5.74, 6) is -3.48. The van der Waals surface area contributed by atoms with Crippen LogP contribution in [0.2, 0.25) is 5.02 Å². The van der Waals surface area contributed by atoms with Gasteiger partial charge in [-0.3, -0.25) is 19.2 Å². The van der Waals surface area contributed by atoms with Gasteiger partial charge in [0.05, 0.1) is 35.2 Å². The van der Waals surface area contributed by atoms with Gasteiger partial charge in [-0.15, -0.1) is 13.2 Å². The number of aliphatic hydroxyl groups excluding tert-OH is 1. The Balaban J connectivity index is 1.49. The molecule has 51 heavy (non-hydrogen) atoms. The van der Waals surface area contributed by atoms with Crippen molar-refractivity contribution in [3.63, 3.8) is 0 Å². The highest BCUT2D eigenvalue weighted by Gasteiger charge is 2.77. The third-order valence-electron chi connectivity index (χ3n) is 10.1. The summed E-state index contributed by atoms with van der Waals surface area (Å²) in [4.78, 5) is 59.3. The lowest BCUT2D eigenvalue weighted by molar-refractivity contribution is -0.160. The molecule has 3 aliphatic heterocycles. The molecule has 2 N–H and O–H groups in total. The molecule has 3 heterocycles. The van der Waals surface area contributed by atoms with E-state index in [9.17, 15) is 24.3 Å². The minimum absolute atomic E-state index is 0.0419. The zero-order valence-corrected chi connectivity index (χ0v) is 31.3. The average Bonchev–Trinajstić information content (AvgIpc) is 3.71. The fraction of sp³-hybridized carbons (Fsp3) is 0.487. The number of carbonyl (C=O) groups excluding carboxylic acids is 4. The number of para-hydroxylation sites is 1. The molecule has 3 aliphatic rings. The Labute approximate surface area is 313 Å². The van der Waals surface area contributed by atoms with Gasteiger partial charge in [-0.25, -0.2) is 0 Å². The number of unbranched alkanes of at least 4 members (excludes halogenated alkanes) is 3. The van der Waals surface area contributed by atoms with Gasteiger partial charge in [-0.1, -0.05) is 95.0 Å². The van der Waals surface area contributed by atoms with Crippen molar-refractivity contribution in [3.05, 3.63) is 90.0 Å². The van der Waals surface area contributed by atoms with E-state index in [1.165, 1.54) is 0 Å². The van der Waals surface area contributed by atoms with Crippen molar-refractivity contribution in [2.24, 2.45) is 11.8 Å². The van der Waals surface area contributed by atoms with Crippen LogP contribution in [0.4, 0.5) is 5.69 Å². The fourth-order valence-corrected chi connectivity index (χ4v) is 9.11. The number of anilines is 1. The van der Waals surface area contributed by atoms with Crippen LogP contribution in [0.1, 0.15) is 62.2 Å². The minimum atomic E-state index is -1.31. The number of esters is 1. The van der Waals surface area contributed by atoms with Crippen LogP contribution in [0.5, 0.6) is 0 Å². The summed E-state index contributed by atoms with van der Waals surface area (Å²) >= 11 is 10.4. The molecule has 7 atom stereocenters. The normalized spacial score (nSPS) is 25.3. The smallest absolute Gasteiger partial charge is 0.313 e. The van der Waals surface area contributed by atoms with Gasteiger partial charge in [0, 0.05) is 30.9 Å². The molecule has 3 saturated heterocycles. The molecule has 2 bridgehead atoms. The number of benzene rings is 2. The van der Waals surface area contributed by atoms with Crippen molar-refractivity contribution in [2.75, 3.05) is 31.1 Å². The second-order valence-electron chi connectivity index (χ2n) is 13.4. The molecule has 1 spiro atoms. The van der Waals surface area contributed by atoms with Crippen molar-refractivity contribution >= 4 is 56.9 Å². The van der Waals surface area contributed by atoms with Gasteiger partial charge in [0.1, 0.15) is 17.7 Å². The SMILES string of the molecule is C=CCCC(=O)NC[C@@H](OC(=O)[C@@H]1[C@H]2O[C@@]3(CC2Br)[C@H](C(=O)N(CC=C)c2c(C)cccc2Cl)N(CCCCCCO)C(=O)[C@@H]13)c1ccccc1. The first-order valence-electron chi connectivity index (χ1n) is 17.6. The summed E-state index contributed by atoms with van der Waals surface area (Å²) < 4.78 is 12.9. The van der Waals surface area contributed by atoms with E-state index in [4.69, 9.17) is 21.1 Å². The number of hydrogen-bond acceptors (Lipinski definition) is 7. The first-order chi connectivity index (χ1) is 24.6. The van der Waals surface area contributed by atoms with Gasteiger partial charge in [-0.2, -0.15) is 0 Å². The highest BCUT2D eigenvalue weighted by Crippen LogP contribution is 2.60. The summed E-state index contributed by atoms with van der Waals surface area (Å²) in [5.41, 5.74) is 0.692. The van der Waals surface area contributed by atoms with E-state index in [0.717, 1.165) is 18.4 Å². The number of ether oxygens (including phenoxy) is 2. The van der Waals surface area contributed by atoms with Crippen molar-refractivity contribution < 1.29 is 33.8 Å². The number of fused-ring (bicyclic) bond motifs is 1. The van der Waals surface area contributed by atoms with E-state index in [-0.39, 0.29) is 55.2 Å². The summed E-state index contributed by atoms with van der Waals surface area (Å²) in [6.07, 6.45) is 5.60. The second-order valence-corrected chi connectivity index (χ2v) is 15.0.